The van der Waals surface area contributed by atoms with Crippen LogP contribution >= 0.6 is 0 Å². The first-order valence-corrected chi connectivity index (χ1v) is 3.49. The molecule has 0 saturated heterocycles. The minimum absolute atomic E-state index is 0.609. The maximum absolute atomic E-state index is 5.14. The lowest BCUT2D eigenvalue weighted by Crippen LogP contribution is -1.65. The summed E-state index contributed by atoms with van der Waals surface area (Å²) in [6.07, 6.45) is 0. The van der Waals surface area contributed by atoms with Gasteiger partial charge in [0.1, 0.15) is 0 Å². The SMILES string of the molecule is C#[Si]CC[Si]. The first kappa shape index (κ1) is 5.21. The Hall–Kier alpha value is 0.214. The zero-order chi connectivity index (χ0) is 4.12. The van der Waals surface area contributed by atoms with E-state index in [4.69, 9.17) is 6.00 Å². The minimum atomic E-state index is 0.609. The van der Waals surface area contributed by atoms with Gasteiger partial charge in [0.25, 0.3) is 0 Å². The molecule has 0 aliphatic rings. The second-order valence-corrected chi connectivity index (χ2v) is 2.11. The van der Waals surface area contributed by atoms with E-state index in [2.05, 4.69) is 10.2 Å². The predicted octanol–water partition coefficient (Wildman–Crippen LogP) is 0.285. The van der Waals surface area contributed by atoms with Crippen molar-refractivity contribution in [1.29, 1.82) is 0 Å². The lowest BCUT2D eigenvalue weighted by atomic mass is 11.0. The van der Waals surface area contributed by atoms with E-state index in [-0.39, 0.29) is 0 Å². The molecule has 0 aromatic heterocycles. The van der Waals surface area contributed by atoms with Gasteiger partial charge in [-0.3, -0.25) is 0 Å². The van der Waals surface area contributed by atoms with Gasteiger partial charge in [-0.1, -0.05) is 6.04 Å². The molecule has 0 unspecified atom stereocenters. The van der Waals surface area contributed by atoms with Crippen LogP contribution in [0, 0.1) is 6.00 Å². The molecule has 0 aliphatic heterocycles. The molecule has 5 heavy (non-hydrogen) atoms. The molecule has 0 aliphatic carbocycles. The summed E-state index contributed by atoms with van der Waals surface area (Å²) < 4.78 is 0. The smallest absolute Gasteiger partial charge is 0.0227 e. The fraction of sp³-hybridized carbons (Fsp3) is 0.667. The molecule has 0 fully saturated rings. The zero-order valence-corrected chi connectivity index (χ0v) is 4.99. The van der Waals surface area contributed by atoms with Gasteiger partial charge in [0.2, 0.25) is 0 Å². The van der Waals surface area contributed by atoms with Crippen LogP contribution in [-0.4, -0.2) is 19.2 Å². The first-order chi connectivity index (χ1) is 2.41. The van der Waals surface area contributed by atoms with Gasteiger partial charge in [0.15, 0.2) is 0 Å². The standard InChI is InChI=1S/C3H5Si2/c1-5-3-2-4/h1H,2-3H2. The Bertz CT molecular complexity index is 43.3. The molecule has 2 heteroatoms. The van der Waals surface area contributed by atoms with Crippen molar-refractivity contribution in [3.05, 3.63) is 0 Å². The molecule has 0 N–H and O–H groups in total. The highest BCUT2D eigenvalue weighted by Crippen LogP contribution is 1.72. The lowest BCUT2D eigenvalue weighted by Gasteiger charge is -1.68. The predicted molar refractivity (Wildman–Crippen MR) is 26.1 cm³/mol. The van der Waals surface area contributed by atoms with Gasteiger partial charge >= 0.3 is 0 Å². The summed E-state index contributed by atoms with van der Waals surface area (Å²) >= 11 is 0. The van der Waals surface area contributed by atoms with Crippen LogP contribution in [-0.2, 0) is 0 Å². The van der Waals surface area contributed by atoms with Gasteiger partial charge in [-0.15, -0.1) is 0 Å². The lowest BCUT2D eigenvalue weighted by molar-refractivity contribution is 1.46. The van der Waals surface area contributed by atoms with Gasteiger partial charge in [-0.25, -0.2) is 0 Å². The van der Waals surface area contributed by atoms with Gasteiger partial charge < -0.3 is 0 Å². The van der Waals surface area contributed by atoms with Crippen LogP contribution in [0.15, 0.2) is 0 Å². The van der Waals surface area contributed by atoms with E-state index < -0.39 is 0 Å². The Balaban J connectivity index is 2.48. The normalized spacial score (nSPS) is 6.40. The Morgan fingerprint density at radius 3 is 2.40 bits per heavy atom. The molecule has 0 amide bonds. The van der Waals surface area contributed by atoms with E-state index in [0.29, 0.717) is 8.96 Å². The molecule has 25 valence electrons. The average molecular weight is 97.2 g/mol. The van der Waals surface area contributed by atoms with Crippen molar-refractivity contribution < 1.29 is 0 Å². The van der Waals surface area contributed by atoms with Crippen LogP contribution in [0.1, 0.15) is 0 Å². The van der Waals surface area contributed by atoms with Gasteiger partial charge in [0, 0.05) is 10.2 Å². The van der Waals surface area contributed by atoms with E-state index >= 15 is 0 Å². The summed E-state index contributed by atoms with van der Waals surface area (Å²) in [4.78, 5) is 0. The maximum atomic E-state index is 5.14. The van der Waals surface area contributed by atoms with Gasteiger partial charge in [-0.05, 0) is 15.0 Å². The molecular formula is C3H5Si2. The molecule has 0 atom stereocenters. The Kier molecular flexibility index (Phi) is 4.39. The van der Waals surface area contributed by atoms with Crippen molar-refractivity contribution in [1.82, 2.24) is 0 Å². The summed E-state index contributed by atoms with van der Waals surface area (Å²) in [6, 6.07) is 7.28. The fourth-order valence-electron chi connectivity index (χ4n) is 0.0722. The van der Waals surface area contributed by atoms with E-state index in [1.807, 2.05) is 0 Å². The van der Waals surface area contributed by atoms with Gasteiger partial charge in [0.05, 0.1) is 0 Å². The van der Waals surface area contributed by atoms with Crippen LogP contribution in [0.4, 0.5) is 0 Å². The Labute approximate surface area is 38.1 Å². The molecule has 0 nitrogen and oxygen atoms in total. The molecule has 0 spiro atoms. The molecule has 0 bridgehead atoms. The quantitative estimate of drug-likeness (QED) is 0.412. The number of hydrogen-bond acceptors (Lipinski definition) is 0. The Morgan fingerprint density at radius 1 is 1.80 bits per heavy atom. The van der Waals surface area contributed by atoms with E-state index in [1.54, 1.807) is 0 Å². The van der Waals surface area contributed by atoms with Crippen LogP contribution in [0.2, 0.25) is 12.1 Å². The molecule has 3 radical (unpaired) electrons. The van der Waals surface area contributed by atoms with Crippen LogP contribution < -0.4 is 0 Å². The minimum Gasteiger partial charge on any atom is -0.158 e. The summed E-state index contributed by atoms with van der Waals surface area (Å²) in [5, 5.41) is 0. The first-order valence-electron chi connectivity index (χ1n) is 1.50. The molecule has 0 heterocycles. The van der Waals surface area contributed by atoms with Crippen molar-refractivity contribution in [2.75, 3.05) is 0 Å². The second kappa shape index (κ2) is 4.21. The third-order valence-corrected chi connectivity index (χ3v) is 1.56. The van der Waals surface area contributed by atoms with E-state index in [0.717, 1.165) is 12.1 Å². The van der Waals surface area contributed by atoms with Crippen LogP contribution in [0.3, 0.4) is 0 Å². The van der Waals surface area contributed by atoms with Crippen molar-refractivity contribution in [3.63, 3.8) is 0 Å². The molecule has 0 aromatic rings. The Morgan fingerprint density at radius 2 is 2.40 bits per heavy atom. The molecular weight excluding hydrogens is 92.2 g/mol. The third kappa shape index (κ3) is 4.21. The van der Waals surface area contributed by atoms with E-state index in [1.165, 1.54) is 0 Å². The topological polar surface area (TPSA) is 0 Å². The zero-order valence-electron chi connectivity index (χ0n) is 2.99. The summed E-state index contributed by atoms with van der Waals surface area (Å²) in [7, 11) is 3.89. The summed E-state index contributed by atoms with van der Waals surface area (Å²) in [6.45, 7) is 0. The third-order valence-electron chi connectivity index (χ3n) is 0.269. The largest absolute Gasteiger partial charge is 0.158 e. The highest BCUT2D eigenvalue weighted by Gasteiger charge is 1.62. The van der Waals surface area contributed by atoms with Crippen LogP contribution in [0.25, 0.3) is 0 Å². The maximum Gasteiger partial charge on any atom is 0.0227 e. The summed E-state index contributed by atoms with van der Waals surface area (Å²) in [5.41, 5.74) is 0. The van der Waals surface area contributed by atoms with Crippen LogP contribution in [0.5, 0.6) is 0 Å². The monoisotopic (exact) mass is 97.0 g/mol. The van der Waals surface area contributed by atoms with Crippen molar-refractivity contribution >= 4 is 19.2 Å². The van der Waals surface area contributed by atoms with Crippen molar-refractivity contribution in [2.24, 2.45) is 0 Å². The van der Waals surface area contributed by atoms with Gasteiger partial charge in [-0.2, -0.15) is 6.00 Å². The highest BCUT2D eigenvalue weighted by atomic mass is 28.2. The number of rotatable bonds is 1. The molecule has 0 saturated carbocycles. The van der Waals surface area contributed by atoms with E-state index in [9.17, 15) is 0 Å². The molecule has 0 rings (SSSR count). The highest BCUT2D eigenvalue weighted by molar-refractivity contribution is 6.24. The number of hydrogen-bond donors (Lipinski definition) is 0. The molecule has 0 aromatic carbocycles. The second-order valence-electron chi connectivity index (χ2n) is 0.704. The fourth-order valence-corrected chi connectivity index (χ4v) is 0.650. The van der Waals surface area contributed by atoms with Crippen molar-refractivity contribution in [3.8, 4) is 6.00 Å². The average Bonchev–Trinajstić information content (AvgIpc) is 1.41. The summed E-state index contributed by atoms with van der Waals surface area (Å²) in [5.74, 6) is 0. The van der Waals surface area contributed by atoms with Crippen molar-refractivity contribution in [2.45, 2.75) is 12.1 Å².